The molecule has 2 rings (SSSR count). The van der Waals surface area contributed by atoms with Crippen LogP contribution in [-0.4, -0.2) is 14.7 Å². The first-order valence-electron chi connectivity index (χ1n) is 3.28. The zero-order valence-electron chi connectivity index (χ0n) is 6.10. The lowest BCUT2D eigenvalue weighted by molar-refractivity contribution is -0.107. The van der Waals surface area contributed by atoms with E-state index in [2.05, 4.69) is 38.5 Å². The first-order chi connectivity index (χ1) is 6.15. The fourth-order valence-electron chi connectivity index (χ4n) is 1.03. The molecule has 0 aromatic heterocycles. The number of halogens is 2. The van der Waals surface area contributed by atoms with Crippen LogP contribution >= 0.6 is 62.0 Å². The van der Waals surface area contributed by atoms with Crippen molar-refractivity contribution >= 4 is 72.3 Å². The van der Waals surface area contributed by atoms with Crippen LogP contribution in [0.1, 0.15) is 0 Å². The van der Waals surface area contributed by atoms with Crippen molar-refractivity contribution < 1.29 is 9.59 Å². The van der Waals surface area contributed by atoms with E-state index in [-0.39, 0.29) is 10.2 Å². The van der Waals surface area contributed by atoms with Gasteiger partial charge in [0.25, 0.3) is 0 Å². The molecule has 0 unspecified atom stereocenters. The molecular formula is C7H2BrIO2S2. The molecule has 2 nitrogen and oxygen atoms in total. The number of carbonyl (C=O) groups is 2. The molecule has 2 heterocycles. The van der Waals surface area contributed by atoms with Crippen molar-refractivity contribution in [2.24, 2.45) is 0 Å². The van der Waals surface area contributed by atoms with Gasteiger partial charge >= 0.3 is 0 Å². The van der Waals surface area contributed by atoms with E-state index in [1.54, 1.807) is 0 Å². The molecule has 0 radical (unpaired) electrons. The minimum absolute atomic E-state index is 0.00681. The van der Waals surface area contributed by atoms with E-state index in [1.807, 2.05) is 0 Å². The summed E-state index contributed by atoms with van der Waals surface area (Å²) in [5.41, 5.74) is 0.772. The van der Waals surface area contributed by atoms with E-state index in [0.717, 1.165) is 38.9 Å². The highest BCUT2D eigenvalue weighted by Crippen LogP contribution is 2.53. The summed E-state index contributed by atoms with van der Waals surface area (Å²) in [5, 5.41) is 0.0868. The molecule has 0 aliphatic carbocycles. The van der Waals surface area contributed by atoms with Gasteiger partial charge in [-0.05, 0) is 39.5 Å². The third-order valence-corrected chi connectivity index (χ3v) is 5.89. The molecule has 2 aliphatic heterocycles. The number of fused-ring (bicyclic) bond motifs is 1. The van der Waals surface area contributed by atoms with Crippen molar-refractivity contribution in [1.29, 1.82) is 0 Å². The van der Waals surface area contributed by atoms with Gasteiger partial charge < -0.3 is 0 Å². The monoisotopic (exact) mass is 388 g/mol. The van der Waals surface area contributed by atoms with E-state index in [1.165, 1.54) is 0 Å². The van der Waals surface area contributed by atoms with Crippen molar-refractivity contribution in [1.82, 2.24) is 0 Å². The van der Waals surface area contributed by atoms with Gasteiger partial charge in [0.1, 0.15) is 0 Å². The maximum Gasteiger partial charge on any atom is 0.232 e. The predicted octanol–water partition coefficient (Wildman–Crippen LogP) is 2.83. The van der Waals surface area contributed by atoms with E-state index in [4.69, 9.17) is 0 Å². The topological polar surface area (TPSA) is 34.1 Å². The van der Waals surface area contributed by atoms with Crippen LogP contribution in [0.5, 0.6) is 0 Å². The van der Waals surface area contributed by atoms with Crippen LogP contribution in [0.25, 0.3) is 0 Å². The highest BCUT2D eigenvalue weighted by Gasteiger charge is 2.38. The Hall–Kier alpha value is 0.730. The lowest BCUT2D eigenvalue weighted by Gasteiger charge is -1.93. The molecule has 0 saturated heterocycles. The number of carbonyl (C=O) groups excluding carboxylic acids is 2. The molecule has 2 aliphatic rings. The zero-order valence-corrected chi connectivity index (χ0v) is 11.5. The molecule has 0 bridgehead atoms. The fraction of sp³-hybridized carbons (Fsp3) is 0.143. The Morgan fingerprint density at radius 1 is 1.15 bits per heavy atom. The molecule has 6 heteroatoms. The van der Waals surface area contributed by atoms with Crippen LogP contribution < -0.4 is 0 Å². The third kappa shape index (κ3) is 1.55. The summed E-state index contributed by atoms with van der Waals surface area (Å²) in [5.74, 6) is 0. The van der Waals surface area contributed by atoms with Gasteiger partial charge in [0, 0.05) is 19.8 Å². The predicted molar refractivity (Wildman–Crippen MR) is 67.1 cm³/mol. The molecule has 68 valence electrons. The van der Waals surface area contributed by atoms with E-state index < -0.39 is 0 Å². The average Bonchev–Trinajstić information content (AvgIpc) is 2.52. The van der Waals surface area contributed by atoms with Crippen molar-refractivity contribution in [3.63, 3.8) is 0 Å². The van der Waals surface area contributed by atoms with Crippen LogP contribution in [0.4, 0.5) is 0 Å². The van der Waals surface area contributed by atoms with Gasteiger partial charge in [-0.25, -0.2) is 0 Å². The van der Waals surface area contributed by atoms with E-state index in [0.29, 0.717) is 8.91 Å². The highest BCUT2D eigenvalue weighted by molar-refractivity contribution is 14.1. The van der Waals surface area contributed by atoms with Gasteiger partial charge in [-0.1, -0.05) is 22.6 Å². The summed E-state index contributed by atoms with van der Waals surface area (Å²) in [6.07, 6.45) is 0. The van der Waals surface area contributed by atoms with Gasteiger partial charge in [0.15, 0.2) is 0 Å². The fourth-order valence-corrected chi connectivity index (χ4v) is 5.21. The molecule has 0 N–H and O–H groups in total. The molecular weight excluding hydrogens is 387 g/mol. The van der Waals surface area contributed by atoms with Crippen molar-refractivity contribution in [2.45, 2.75) is 0 Å². The minimum Gasteiger partial charge on any atom is -0.281 e. The summed E-state index contributed by atoms with van der Waals surface area (Å²) in [6.45, 7) is 0. The second kappa shape index (κ2) is 3.71. The molecule has 0 atom stereocenters. The van der Waals surface area contributed by atoms with Crippen molar-refractivity contribution in [3.8, 4) is 0 Å². The van der Waals surface area contributed by atoms with Gasteiger partial charge in [-0.2, -0.15) is 0 Å². The number of rotatable bonds is 1. The molecule has 0 saturated carbocycles. The summed E-state index contributed by atoms with van der Waals surface area (Å²) < 4.78 is 1.22. The molecule has 0 aromatic carbocycles. The summed E-state index contributed by atoms with van der Waals surface area (Å²) in [6, 6.07) is 0. The maximum absolute atomic E-state index is 11.4. The molecule has 0 fully saturated rings. The van der Waals surface area contributed by atoms with Gasteiger partial charge in [0.05, 0.1) is 4.48 Å². The summed E-state index contributed by atoms with van der Waals surface area (Å²) >= 11 is 7.64. The van der Waals surface area contributed by atoms with Gasteiger partial charge in [0.2, 0.25) is 10.2 Å². The normalized spacial score (nSPS) is 22.0. The molecule has 0 aromatic rings. The van der Waals surface area contributed by atoms with Crippen LogP contribution in [0.15, 0.2) is 19.9 Å². The molecule has 0 spiro atoms. The molecule has 13 heavy (non-hydrogen) atoms. The number of hydrogen-bond donors (Lipinski definition) is 0. The maximum atomic E-state index is 11.4. The number of thioether (sulfide) groups is 2. The van der Waals surface area contributed by atoms with E-state index in [9.17, 15) is 9.59 Å². The quantitative estimate of drug-likeness (QED) is 0.511. The Bertz CT molecular complexity index is 386. The lowest BCUT2D eigenvalue weighted by Crippen LogP contribution is -1.94. The summed E-state index contributed by atoms with van der Waals surface area (Å²) in [7, 11) is 0. The zero-order chi connectivity index (χ0) is 9.59. The Morgan fingerprint density at radius 2 is 1.77 bits per heavy atom. The largest absolute Gasteiger partial charge is 0.281 e. The van der Waals surface area contributed by atoms with Gasteiger partial charge in [-0.15, -0.1) is 0 Å². The highest BCUT2D eigenvalue weighted by atomic mass is 127. The average molecular weight is 389 g/mol. The Balaban J connectivity index is 2.55. The lowest BCUT2D eigenvalue weighted by atomic mass is 10.3. The van der Waals surface area contributed by atoms with Crippen LogP contribution in [0, 0.1) is 0 Å². The Kier molecular flexibility index (Phi) is 2.93. The number of alkyl halides is 1. The first-order valence-corrected chi connectivity index (χ1v) is 7.24. The van der Waals surface area contributed by atoms with Crippen LogP contribution in [0.3, 0.4) is 0 Å². The second-order valence-electron chi connectivity index (χ2n) is 2.36. The summed E-state index contributed by atoms with van der Waals surface area (Å²) in [4.78, 5) is 24.3. The van der Waals surface area contributed by atoms with Crippen molar-refractivity contribution in [2.75, 3.05) is 4.43 Å². The Labute approximate surface area is 105 Å². The first kappa shape index (κ1) is 10.3. The standard InChI is InChI=1S/C7H2BrIO2S2/c8-3-5-4(12-7(3)11)2(1-9)6(10)13-5/h1H2. The molecule has 0 amide bonds. The number of hydrogen-bond acceptors (Lipinski definition) is 4. The second-order valence-corrected chi connectivity index (χ2v) is 5.89. The van der Waals surface area contributed by atoms with Crippen LogP contribution in [-0.2, 0) is 9.59 Å². The van der Waals surface area contributed by atoms with Crippen molar-refractivity contribution in [3.05, 3.63) is 19.9 Å². The van der Waals surface area contributed by atoms with Crippen LogP contribution in [0.2, 0.25) is 0 Å². The SMILES string of the molecule is O=C1SC2=C(CI)C(=O)SC2=C1Br. The smallest absolute Gasteiger partial charge is 0.232 e. The minimum atomic E-state index is 0.00681. The van der Waals surface area contributed by atoms with Gasteiger partial charge in [-0.3, -0.25) is 9.59 Å². The van der Waals surface area contributed by atoms with E-state index >= 15 is 0 Å². The Morgan fingerprint density at radius 3 is 2.38 bits per heavy atom. The third-order valence-electron chi connectivity index (χ3n) is 1.63.